The van der Waals surface area contributed by atoms with Gasteiger partial charge in [-0.05, 0) is 33.6 Å². The van der Waals surface area contributed by atoms with Crippen molar-refractivity contribution in [1.29, 1.82) is 0 Å². The highest BCUT2D eigenvalue weighted by atomic mass is 79.9. The summed E-state index contributed by atoms with van der Waals surface area (Å²) in [6.07, 6.45) is -1.41. The lowest BCUT2D eigenvalue weighted by Gasteiger charge is -2.25. The molecule has 1 aromatic rings. The van der Waals surface area contributed by atoms with Crippen molar-refractivity contribution < 1.29 is 13.5 Å². The van der Waals surface area contributed by atoms with E-state index in [0.29, 0.717) is 10.6 Å². The van der Waals surface area contributed by atoms with Crippen LogP contribution in [-0.4, -0.2) is 22.4 Å². The van der Waals surface area contributed by atoms with E-state index in [0.717, 1.165) is 0 Å². The van der Waals surface area contributed by atoms with Gasteiger partial charge in [-0.1, -0.05) is 42.3 Å². The van der Waals surface area contributed by atoms with Gasteiger partial charge in [-0.2, -0.15) is 0 Å². The van der Waals surface area contributed by atoms with Crippen LogP contribution in [0.15, 0.2) is 24.3 Å². The van der Waals surface area contributed by atoms with Crippen LogP contribution < -0.4 is 0 Å². The molecule has 0 amide bonds. The number of sulfone groups is 1. The normalized spacial score (nSPS) is 17.5. The summed E-state index contributed by atoms with van der Waals surface area (Å²) >= 11 is 14.5. The Bertz CT molecular complexity index is 502. The van der Waals surface area contributed by atoms with Crippen LogP contribution in [-0.2, 0) is 9.84 Å². The Kier molecular flexibility index (Phi) is 4.88. The van der Waals surface area contributed by atoms with E-state index in [9.17, 15) is 13.5 Å². The van der Waals surface area contributed by atoms with E-state index in [1.54, 1.807) is 18.2 Å². The van der Waals surface area contributed by atoms with Gasteiger partial charge in [0.1, 0.15) is 6.10 Å². The lowest BCUT2D eigenvalue weighted by molar-refractivity contribution is 0.185. The van der Waals surface area contributed by atoms with Crippen molar-refractivity contribution in [2.24, 2.45) is 0 Å². The minimum atomic E-state index is -3.67. The van der Waals surface area contributed by atoms with Crippen LogP contribution in [0, 0.1) is 0 Å². The van der Waals surface area contributed by atoms with E-state index in [4.69, 9.17) is 23.2 Å². The largest absolute Gasteiger partial charge is 0.385 e. The second-order valence-electron chi connectivity index (χ2n) is 3.42. The maximum atomic E-state index is 11.7. The molecule has 7 heteroatoms. The molecule has 0 heterocycles. The summed E-state index contributed by atoms with van der Waals surface area (Å²) in [6.45, 7) is 1.46. The topological polar surface area (TPSA) is 54.4 Å². The monoisotopic (exact) mass is 360 g/mol. The van der Waals surface area contributed by atoms with Crippen molar-refractivity contribution in [3.63, 3.8) is 0 Å². The Morgan fingerprint density at radius 2 is 2.12 bits per heavy atom. The molecule has 0 aliphatic heterocycles. The van der Waals surface area contributed by atoms with Gasteiger partial charge >= 0.3 is 0 Å². The Labute approximate surface area is 119 Å². The first-order valence-corrected chi connectivity index (χ1v) is 7.96. The van der Waals surface area contributed by atoms with Gasteiger partial charge < -0.3 is 5.11 Å². The van der Waals surface area contributed by atoms with Gasteiger partial charge in [-0.3, -0.25) is 0 Å². The zero-order valence-electron chi connectivity index (χ0n) is 8.90. The molecule has 2 atom stereocenters. The smallest absolute Gasteiger partial charge is 0.229 e. The molecule has 1 N–H and O–H groups in total. The third-order valence-corrected chi connectivity index (χ3v) is 7.15. The number of rotatable bonds is 4. The lowest BCUT2D eigenvalue weighted by atomic mass is 10.1. The van der Waals surface area contributed by atoms with Gasteiger partial charge in [0.2, 0.25) is 3.12 Å². The fraction of sp³-hybridized carbons (Fsp3) is 0.400. The highest BCUT2D eigenvalue weighted by molar-refractivity contribution is 9.12. The molecule has 0 aliphatic rings. The van der Waals surface area contributed by atoms with E-state index >= 15 is 0 Å². The molecule has 0 fully saturated rings. The third-order valence-electron chi connectivity index (χ3n) is 2.28. The standard InChI is InChI=1S/C10H11BrCl2O3S/c1-2-17(15,16)10(11,13)9(14)7-4-3-5-8(12)6-7/h3-6,9,14H,2H2,1H3/t9-,10+/m0/s1. The molecule has 1 rings (SSSR count). The Balaban J connectivity index is 3.17. The molecule has 0 spiro atoms. The second kappa shape index (κ2) is 5.45. The Morgan fingerprint density at radius 1 is 1.53 bits per heavy atom. The van der Waals surface area contributed by atoms with Gasteiger partial charge in [0.05, 0.1) is 5.75 Å². The maximum Gasteiger partial charge on any atom is 0.229 e. The fourth-order valence-electron chi connectivity index (χ4n) is 1.23. The second-order valence-corrected chi connectivity index (χ2v) is 9.36. The van der Waals surface area contributed by atoms with Crippen molar-refractivity contribution in [2.45, 2.75) is 16.1 Å². The zero-order chi connectivity index (χ0) is 13.3. The van der Waals surface area contributed by atoms with Crippen LogP contribution in [0.5, 0.6) is 0 Å². The SMILES string of the molecule is CCS(=O)(=O)[C@@](Cl)(Br)[C@@H](O)c1cccc(Cl)c1. The van der Waals surface area contributed by atoms with Crippen molar-refractivity contribution in [3.05, 3.63) is 34.9 Å². The van der Waals surface area contributed by atoms with Crippen LogP contribution >= 0.6 is 39.1 Å². The summed E-state index contributed by atoms with van der Waals surface area (Å²) in [4.78, 5) is 0. The summed E-state index contributed by atoms with van der Waals surface area (Å²) < 4.78 is 21.6. The zero-order valence-corrected chi connectivity index (χ0v) is 12.8. The first-order valence-electron chi connectivity index (χ1n) is 4.76. The molecule has 0 aromatic heterocycles. The van der Waals surface area contributed by atoms with E-state index < -0.39 is 19.1 Å². The summed E-state index contributed by atoms with van der Waals surface area (Å²) in [5.41, 5.74) is 0.335. The number of hydrogen-bond acceptors (Lipinski definition) is 3. The molecule has 0 bridgehead atoms. The quantitative estimate of drug-likeness (QED) is 0.838. The number of alkyl halides is 2. The molecule has 0 unspecified atom stereocenters. The number of halogens is 3. The molecule has 3 nitrogen and oxygen atoms in total. The molecule has 1 aromatic carbocycles. The predicted octanol–water partition coefficient (Wildman–Crippen LogP) is 3.10. The van der Waals surface area contributed by atoms with Gasteiger partial charge in [0.15, 0.2) is 9.84 Å². The summed E-state index contributed by atoms with van der Waals surface area (Å²) in [7, 11) is -3.67. The predicted molar refractivity (Wildman–Crippen MR) is 73.4 cm³/mol. The highest BCUT2D eigenvalue weighted by Crippen LogP contribution is 2.43. The third kappa shape index (κ3) is 3.15. The summed E-state index contributed by atoms with van der Waals surface area (Å²) in [6, 6.07) is 6.26. The molecule has 0 saturated heterocycles. The van der Waals surface area contributed by atoms with Gasteiger partial charge in [-0.15, -0.1) is 0 Å². The van der Waals surface area contributed by atoms with Crippen LogP contribution in [0.1, 0.15) is 18.6 Å². The Morgan fingerprint density at radius 3 is 2.59 bits per heavy atom. The molecule has 17 heavy (non-hydrogen) atoms. The van der Waals surface area contributed by atoms with E-state index in [1.165, 1.54) is 13.0 Å². The average Bonchev–Trinajstić information content (AvgIpc) is 2.27. The number of aliphatic hydroxyl groups is 1. The van der Waals surface area contributed by atoms with E-state index in [-0.39, 0.29) is 5.75 Å². The molecule has 0 saturated carbocycles. The minimum Gasteiger partial charge on any atom is -0.385 e. The van der Waals surface area contributed by atoms with Gasteiger partial charge in [0.25, 0.3) is 0 Å². The molecular formula is C10H11BrCl2O3S. The van der Waals surface area contributed by atoms with Crippen molar-refractivity contribution in [2.75, 3.05) is 5.75 Å². The molecule has 0 aliphatic carbocycles. The summed E-state index contributed by atoms with van der Waals surface area (Å²) in [5, 5.41) is 10.4. The number of hydrogen-bond donors (Lipinski definition) is 1. The number of benzene rings is 1. The van der Waals surface area contributed by atoms with Crippen LogP contribution in [0.4, 0.5) is 0 Å². The Hall–Kier alpha value is 0.190. The van der Waals surface area contributed by atoms with Crippen molar-refractivity contribution >= 4 is 49.0 Å². The van der Waals surface area contributed by atoms with Crippen LogP contribution in [0.3, 0.4) is 0 Å². The van der Waals surface area contributed by atoms with Crippen molar-refractivity contribution in [1.82, 2.24) is 0 Å². The van der Waals surface area contributed by atoms with Gasteiger partial charge in [0, 0.05) is 5.02 Å². The molecular weight excluding hydrogens is 351 g/mol. The fourth-order valence-corrected chi connectivity index (χ4v) is 3.70. The summed E-state index contributed by atoms with van der Waals surface area (Å²) in [5.74, 6) is -0.181. The molecule has 96 valence electrons. The minimum absolute atomic E-state index is 0.181. The average molecular weight is 362 g/mol. The first-order chi connectivity index (χ1) is 7.72. The van der Waals surface area contributed by atoms with E-state index in [2.05, 4.69) is 15.9 Å². The van der Waals surface area contributed by atoms with Crippen LogP contribution in [0.2, 0.25) is 5.02 Å². The van der Waals surface area contributed by atoms with Gasteiger partial charge in [-0.25, -0.2) is 8.42 Å². The highest BCUT2D eigenvalue weighted by Gasteiger charge is 2.45. The lowest BCUT2D eigenvalue weighted by Crippen LogP contribution is -2.34. The van der Waals surface area contributed by atoms with Crippen LogP contribution in [0.25, 0.3) is 0 Å². The maximum absolute atomic E-state index is 11.7. The molecule has 0 radical (unpaired) electrons. The first kappa shape index (κ1) is 15.2. The van der Waals surface area contributed by atoms with Crippen molar-refractivity contribution in [3.8, 4) is 0 Å². The van der Waals surface area contributed by atoms with E-state index in [1.807, 2.05) is 0 Å². The number of aliphatic hydroxyl groups excluding tert-OH is 1.